The lowest BCUT2D eigenvalue weighted by Gasteiger charge is -1.98. The highest BCUT2D eigenvalue weighted by Gasteiger charge is 2.22. The number of carboxylic acid groups (broad SMARTS) is 2. The molecule has 19 nitrogen and oxygen atoms in total. The molecule has 5 aromatic heterocycles. The maximum absolute atomic E-state index is 11.6. The highest BCUT2D eigenvalue weighted by Crippen LogP contribution is 2.34. The number of nitrogen functional groups attached to an aromatic ring is 1. The summed E-state index contributed by atoms with van der Waals surface area (Å²) in [5, 5.41) is 62.4. The summed E-state index contributed by atoms with van der Waals surface area (Å²) in [4.78, 5) is 23.2. The quantitative estimate of drug-likeness (QED) is 0.137. The van der Waals surface area contributed by atoms with Crippen molar-refractivity contribution in [1.82, 2.24) is 49.3 Å². The predicted molar refractivity (Wildman–Crippen MR) is 164 cm³/mol. The molecule has 0 bridgehead atoms. The zero-order valence-corrected chi connectivity index (χ0v) is 26.2. The zero-order chi connectivity index (χ0) is 33.0. The maximum atomic E-state index is 11.6. The Hall–Kier alpha value is -5.66. The monoisotopic (exact) mass is 649 g/mol. The van der Waals surface area contributed by atoms with E-state index in [1.54, 1.807) is 20.3 Å². The predicted octanol–water partition coefficient (Wildman–Crippen LogP) is 4.87. The molecular formula is C26H31N15O4S. The van der Waals surface area contributed by atoms with Gasteiger partial charge in [0.25, 0.3) is 0 Å². The molecule has 0 saturated carbocycles. The second-order valence-electron chi connectivity index (χ2n) is 10.1. The third-order valence-corrected chi connectivity index (χ3v) is 7.71. The van der Waals surface area contributed by atoms with Crippen LogP contribution in [0.4, 0.5) is 28.8 Å². The van der Waals surface area contributed by atoms with Crippen molar-refractivity contribution in [3.63, 3.8) is 0 Å². The molecule has 0 unspecified atom stereocenters. The fourth-order valence-electron chi connectivity index (χ4n) is 4.33. The Morgan fingerprint density at radius 3 is 1.98 bits per heavy atom. The van der Waals surface area contributed by atoms with E-state index in [1.165, 1.54) is 31.1 Å². The first-order chi connectivity index (χ1) is 22.1. The van der Waals surface area contributed by atoms with E-state index in [0.29, 0.717) is 45.9 Å². The summed E-state index contributed by atoms with van der Waals surface area (Å²) in [5.74, 6) is -2.02. The Morgan fingerprint density at radius 1 is 0.826 bits per heavy atom. The van der Waals surface area contributed by atoms with Gasteiger partial charge in [0.15, 0.2) is 23.1 Å². The fourth-order valence-corrected chi connectivity index (χ4v) is 5.07. The number of unbranched alkanes of at least 4 members (excludes halogenated alkanes) is 2. The molecule has 0 spiro atoms. The third kappa shape index (κ3) is 6.41. The second kappa shape index (κ2) is 13.5. The minimum absolute atomic E-state index is 0.0624. The molecule has 4 N–H and O–H groups in total. The summed E-state index contributed by atoms with van der Waals surface area (Å²) in [6.45, 7) is 4.10. The zero-order valence-electron chi connectivity index (χ0n) is 25.4. The number of hydrogen-bond donors (Lipinski definition) is 3. The maximum Gasteiger partial charge on any atom is 0.341 e. The van der Waals surface area contributed by atoms with Crippen LogP contribution in [0.3, 0.4) is 0 Å². The summed E-state index contributed by atoms with van der Waals surface area (Å²) >= 11 is 1.16. The van der Waals surface area contributed by atoms with Crippen molar-refractivity contribution in [3.05, 3.63) is 41.1 Å². The summed E-state index contributed by atoms with van der Waals surface area (Å²) in [7, 11) is 3.15. The van der Waals surface area contributed by atoms with Gasteiger partial charge in [0.2, 0.25) is 10.3 Å². The molecule has 0 atom stereocenters. The van der Waals surface area contributed by atoms with Crippen LogP contribution in [0.25, 0.3) is 10.3 Å². The number of rotatable bonds is 14. The number of aromatic carboxylic acids is 2. The Bertz CT molecular complexity index is 1940. The number of nitrogens with zero attached hydrogens (tertiary/aromatic N) is 14. The molecule has 0 aliphatic carbocycles. The molecular weight excluding hydrogens is 618 g/mol. The van der Waals surface area contributed by atoms with Gasteiger partial charge in [0, 0.05) is 14.1 Å². The lowest BCUT2D eigenvalue weighted by molar-refractivity contribution is 0.0686. The average Bonchev–Trinajstić information content (AvgIpc) is 3.85. The van der Waals surface area contributed by atoms with Crippen molar-refractivity contribution in [1.29, 1.82) is 0 Å². The normalized spacial score (nSPS) is 11.8. The highest BCUT2D eigenvalue weighted by atomic mass is 32.1. The van der Waals surface area contributed by atoms with E-state index in [0.717, 1.165) is 37.0 Å². The standard InChI is InChI=1S/C26H31N15O4S/c1-5-7-9-16-18(30-32-21-14(23(42)43)11-28-38(21)3)13-40(36-16)25-34-35-26(46-25)41-20(27)19(17(37-41)10-8-6-2)31-33-22-15(24(44)45)12-29-39(22)4/h11-13H,5-10,27H2,1-4H3,(H,42,43)(H,44,45). The van der Waals surface area contributed by atoms with E-state index in [9.17, 15) is 19.8 Å². The Kier molecular flexibility index (Phi) is 9.35. The van der Waals surface area contributed by atoms with Gasteiger partial charge in [-0.05, 0) is 25.7 Å². The minimum atomic E-state index is -1.18. The number of carboxylic acids is 2. The van der Waals surface area contributed by atoms with Gasteiger partial charge in [-0.3, -0.25) is 0 Å². The number of azo groups is 2. The van der Waals surface area contributed by atoms with Gasteiger partial charge in [-0.2, -0.15) is 25.1 Å². The smallest absolute Gasteiger partial charge is 0.341 e. The SMILES string of the molecule is CCCCc1nn(-c2nnc(-n3nc(CCCC)c(N=Nc4c(C(=O)O)cnn4C)c3N)s2)cc1N=Nc1c(C(=O)O)cnn1C. The van der Waals surface area contributed by atoms with E-state index < -0.39 is 11.9 Å². The van der Waals surface area contributed by atoms with E-state index in [4.69, 9.17) is 5.73 Å². The average molecular weight is 650 g/mol. The topological polar surface area (TPSA) is 247 Å². The Morgan fingerprint density at radius 2 is 1.39 bits per heavy atom. The number of aromatic nitrogens is 10. The number of anilines is 1. The van der Waals surface area contributed by atoms with Gasteiger partial charge < -0.3 is 15.9 Å². The lowest BCUT2D eigenvalue weighted by Crippen LogP contribution is -2.01. The van der Waals surface area contributed by atoms with Crippen molar-refractivity contribution >= 4 is 52.1 Å². The van der Waals surface area contributed by atoms with Crippen molar-refractivity contribution in [2.24, 2.45) is 34.6 Å². The van der Waals surface area contributed by atoms with E-state index in [-0.39, 0.29) is 28.6 Å². The summed E-state index contributed by atoms with van der Waals surface area (Å²) in [5.41, 5.74) is 8.29. The van der Waals surface area contributed by atoms with Crippen LogP contribution in [0.15, 0.2) is 39.0 Å². The van der Waals surface area contributed by atoms with Crippen LogP contribution in [-0.4, -0.2) is 71.5 Å². The van der Waals surface area contributed by atoms with E-state index in [2.05, 4.69) is 58.0 Å². The molecule has 0 aromatic carbocycles. The molecule has 0 aliphatic rings. The van der Waals surface area contributed by atoms with Crippen molar-refractivity contribution in [2.45, 2.75) is 52.4 Å². The van der Waals surface area contributed by atoms with Crippen molar-refractivity contribution in [3.8, 4) is 10.3 Å². The lowest BCUT2D eigenvalue weighted by atomic mass is 10.2. The molecule has 0 saturated heterocycles. The van der Waals surface area contributed by atoms with Crippen molar-refractivity contribution < 1.29 is 19.8 Å². The minimum Gasteiger partial charge on any atom is -0.477 e. The van der Waals surface area contributed by atoms with Gasteiger partial charge in [-0.15, -0.1) is 30.7 Å². The Balaban J connectivity index is 1.49. The summed E-state index contributed by atoms with van der Waals surface area (Å²) in [6, 6.07) is 0. The summed E-state index contributed by atoms with van der Waals surface area (Å²) < 4.78 is 5.58. The molecule has 5 aromatic rings. The van der Waals surface area contributed by atoms with Crippen LogP contribution in [0, 0.1) is 0 Å². The molecule has 20 heteroatoms. The van der Waals surface area contributed by atoms with Gasteiger partial charge in [-0.25, -0.2) is 23.6 Å². The molecule has 0 aliphatic heterocycles. The first-order valence-corrected chi connectivity index (χ1v) is 15.1. The molecule has 46 heavy (non-hydrogen) atoms. The van der Waals surface area contributed by atoms with Gasteiger partial charge >= 0.3 is 11.9 Å². The molecule has 0 radical (unpaired) electrons. The van der Waals surface area contributed by atoms with Crippen LogP contribution in [0.5, 0.6) is 0 Å². The van der Waals surface area contributed by atoms with Crippen LogP contribution < -0.4 is 5.73 Å². The second-order valence-corrected chi connectivity index (χ2v) is 11.0. The van der Waals surface area contributed by atoms with Crippen LogP contribution in [0.1, 0.15) is 71.6 Å². The largest absolute Gasteiger partial charge is 0.477 e. The van der Waals surface area contributed by atoms with Crippen LogP contribution >= 0.6 is 11.3 Å². The molecule has 240 valence electrons. The number of carbonyl (C=O) groups is 2. The van der Waals surface area contributed by atoms with Crippen molar-refractivity contribution in [2.75, 3.05) is 5.73 Å². The first kappa shape index (κ1) is 31.8. The third-order valence-electron chi connectivity index (χ3n) is 6.82. The highest BCUT2D eigenvalue weighted by molar-refractivity contribution is 7.16. The fraction of sp³-hybridized carbons (Fsp3) is 0.385. The van der Waals surface area contributed by atoms with E-state index >= 15 is 0 Å². The summed E-state index contributed by atoms with van der Waals surface area (Å²) in [6.07, 6.45) is 8.71. The Labute approximate surface area is 265 Å². The number of hydrogen-bond acceptors (Lipinski definition) is 14. The van der Waals surface area contributed by atoms with Gasteiger partial charge in [-0.1, -0.05) is 38.0 Å². The van der Waals surface area contributed by atoms with Crippen LogP contribution in [-0.2, 0) is 26.9 Å². The number of aryl methyl sites for hydroxylation is 4. The molecule has 0 fully saturated rings. The molecule has 0 amide bonds. The van der Waals surface area contributed by atoms with Crippen LogP contribution in [0.2, 0.25) is 0 Å². The van der Waals surface area contributed by atoms with E-state index in [1.807, 2.05) is 6.92 Å². The van der Waals surface area contributed by atoms with Gasteiger partial charge in [0.1, 0.15) is 16.8 Å². The molecule has 5 heterocycles. The van der Waals surface area contributed by atoms with Gasteiger partial charge in [0.05, 0.1) is 30.0 Å². The number of nitrogens with two attached hydrogens (primary N) is 1. The first-order valence-electron chi connectivity index (χ1n) is 14.3. The molecule has 5 rings (SSSR count).